The Morgan fingerprint density at radius 3 is 2.67 bits per heavy atom. The van der Waals surface area contributed by atoms with Crippen LogP contribution in [0, 0.1) is 6.92 Å². The van der Waals surface area contributed by atoms with Gasteiger partial charge in [0.2, 0.25) is 0 Å². The van der Waals surface area contributed by atoms with Crippen LogP contribution in [0.25, 0.3) is 0 Å². The van der Waals surface area contributed by atoms with Crippen LogP contribution in [-0.4, -0.2) is 31.6 Å². The minimum atomic E-state index is -3.63. The zero-order chi connectivity index (χ0) is 15.6. The number of thiazole rings is 1. The molecular weight excluding hydrogens is 314 g/mol. The molecule has 0 aliphatic rings. The van der Waals surface area contributed by atoms with E-state index in [-0.39, 0.29) is 22.0 Å². The molecule has 0 spiro atoms. The summed E-state index contributed by atoms with van der Waals surface area (Å²) >= 11 is 1.30. The van der Waals surface area contributed by atoms with Crippen LogP contribution < -0.4 is 4.74 Å². The van der Waals surface area contributed by atoms with Crippen LogP contribution in [-0.2, 0) is 15.6 Å². The number of benzene rings is 1. The predicted molar refractivity (Wildman–Crippen MR) is 77.7 cm³/mol. The SMILES string of the molecule is COc1ccc(S(=O)(=O)Cc2cnc(C)s2)cc1C(=O)O. The molecule has 0 aliphatic carbocycles. The van der Waals surface area contributed by atoms with E-state index in [2.05, 4.69) is 4.98 Å². The first-order valence-corrected chi connectivity index (χ1v) is 8.36. The van der Waals surface area contributed by atoms with Gasteiger partial charge in [0.25, 0.3) is 0 Å². The zero-order valence-corrected chi connectivity index (χ0v) is 13.0. The second-order valence-corrected chi connectivity index (χ2v) is 7.58. The molecule has 0 amide bonds. The highest BCUT2D eigenvalue weighted by Crippen LogP contribution is 2.26. The predicted octanol–water partition coefficient (Wildman–Crippen LogP) is 2.13. The molecule has 2 rings (SSSR count). The molecule has 8 heteroatoms. The summed E-state index contributed by atoms with van der Waals surface area (Å²) in [7, 11) is -2.30. The molecular formula is C13H13NO5S2. The van der Waals surface area contributed by atoms with E-state index < -0.39 is 15.8 Å². The largest absolute Gasteiger partial charge is 0.496 e. The topological polar surface area (TPSA) is 93.6 Å². The number of nitrogens with zero attached hydrogens (tertiary/aromatic N) is 1. The Morgan fingerprint density at radius 1 is 1.43 bits per heavy atom. The highest BCUT2D eigenvalue weighted by molar-refractivity contribution is 7.90. The molecule has 6 nitrogen and oxygen atoms in total. The number of ether oxygens (including phenoxy) is 1. The third-order valence-corrected chi connectivity index (χ3v) is 5.52. The number of carbonyl (C=O) groups is 1. The normalized spacial score (nSPS) is 11.3. The molecule has 1 N–H and O–H groups in total. The summed E-state index contributed by atoms with van der Waals surface area (Å²) in [5.41, 5.74) is -0.181. The highest BCUT2D eigenvalue weighted by Gasteiger charge is 2.21. The van der Waals surface area contributed by atoms with Crippen molar-refractivity contribution < 1.29 is 23.1 Å². The number of sulfone groups is 1. The van der Waals surface area contributed by atoms with Crippen molar-refractivity contribution in [1.29, 1.82) is 0 Å². The second kappa shape index (κ2) is 5.82. The summed E-state index contributed by atoms with van der Waals surface area (Å²) in [5, 5.41) is 9.88. The molecule has 0 bridgehead atoms. The first-order valence-electron chi connectivity index (χ1n) is 5.89. The first-order chi connectivity index (χ1) is 9.83. The maximum atomic E-state index is 12.3. The molecule has 0 saturated heterocycles. The number of carboxylic acids is 1. The zero-order valence-electron chi connectivity index (χ0n) is 11.4. The van der Waals surface area contributed by atoms with Gasteiger partial charge in [0.05, 0.1) is 22.8 Å². The van der Waals surface area contributed by atoms with Gasteiger partial charge in [0.1, 0.15) is 11.3 Å². The summed E-state index contributed by atoms with van der Waals surface area (Å²) in [6.45, 7) is 1.79. The number of methoxy groups -OCH3 is 1. The van der Waals surface area contributed by atoms with Crippen molar-refractivity contribution in [2.45, 2.75) is 17.6 Å². The van der Waals surface area contributed by atoms with Crippen molar-refractivity contribution in [3.8, 4) is 5.75 Å². The van der Waals surface area contributed by atoms with E-state index in [1.165, 1.54) is 36.8 Å². The Kier molecular flexibility index (Phi) is 4.29. The van der Waals surface area contributed by atoms with Gasteiger partial charge in [-0.15, -0.1) is 11.3 Å². The van der Waals surface area contributed by atoms with Crippen molar-refractivity contribution in [2.75, 3.05) is 7.11 Å². The Morgan fingerprint density at radius 2 is 2.14 bits per heavy atom. The van der Waals surface area contributed by atoms with Gasteiger partial charge < -0.3 is 9.84 Å². The summed E-state index contributed by atoms with van der Waals surface area (Å²) in [5.74, 6) is -1.32. The van der Waals surface area contributed by atoms with Crippen LogP contribution in [0.1, 0.15) is 20.2 Å². The Balaban J connectivity index is 2.40. The Hall–Kier alpha value is -1.93. The molecule has 1 heterocycles. The number of hydrogen-bond acceptors (Lipinski definition) is 6. The minimum Gasteiger partial charge on any atom is -0.496 e. The van der Waals surface area contributed by atoms with E-state index in [1.54, 1.807) is 6.92 Å². The smallest absolute Gasteiger partial charge is 0.339 e. The van der Waals surface area contributed by atoms with Crippen LogP contribution in [0.2, 0.25) is 0 Å². The number of aromatic nitrogens is 1. The van der Waals surface area contributed by atoms with Crippen molar-refractivity contribution in [3.63, 3.8) is 0 Å². The van der Waals surface area contributed by atoms with Gasteiger partial charge in [-0.1, -0.05) is 0 Å². The molecule has 1 aromatic carbocycles. The number of aromatic carboxylic acids is 1. The van der Waals surface area contributed by atoms with Crippen LogP contribution in [0.15, 0.2) is 29.3 Å². The fraction of sp³-hybridized carbons (Fsp3) is 0.231. The standard InChI is InChI=1S/C13H13NO5S2/c1-8-14-6-9(20-8)7-21(17,18)10-3-4-12(19-2)11(5-10)13(15)16/h3-6H,7H2,1-2H3,(H,15,16). The van der Waals surface area contributed by atoms with Crippen molar-refractivity contribution >= 4 is 27.1 Å². The number of hydrogen-bond donors (Lipinski definition) is 1. The Labute approximate surface area is 126 Å². The summed E-state index contributed by atoms with van der Waals surface area (Å²) in [4.78, 5) is 15.7. The highest BCUT2D eigenvalue weighted by atomic mass is 32.2. The van der Waals surface area contributed by atoms with Gasteiger partial charge in [-0.2, -0.15) is 0 Å². The van der Waals surface area contributed by atoms with Crippen LogP contribution in [0.3, 0.4) is 0 Å². The summed E-state index contributed by atoms with van der Waals surface area (Å²) in [6.07, 6.45) is 1.51. The molecule has 0 aliphatic heterocycles. The third kappa shape index (κ3) is 3.40. The van der Waals surface area contributed by atoms with E-state index >= 15 is 0 Å². The van der Waals surface area contributed by atoms with Crippen LogP contribution in [0.5, 0.6) is 5.75 Å². The quantitative estimate of drug-likeness (QED) is 0.904. The van der Waals surface area contributed by atoms with Gasteiger partial charge in [-0.25, -0.2) is 18.2 Å². The first kappa shape index (κ1) is 15.5. The fourth-order valence-electron chi connectivity index (χ4n) is 1.79. The molecule has 0 radical (unpaired) electrons. The second-order valence-electron chi connectivity index (χ2n) is 4.27. The Bertz CT molecular complexity index is 780. The van der Waals surface area contributed by atoms with Gasteiger partial charge in [-0.3, -0.25) is 0 Å². The lowest BCUT2D eigenvalue weighted by Gasteiger charge is -2.08. The van der Waals surface area contributed by atoms with E-state index in [9.17, 15) is 13.2 Å². The van der Waals surface area contributed by atoms with Crippen molar-refractivity contribution in [3.05, 3.63) is 39.8 Å². The lowest BCUT2D eigenvalue weighted by atomic mass is 10.2. The van der Waals surface area contributed by atoms with E-state index in [0.29, 0.717) is 4.88 Å². The summed E-state index contributed by atoms with van der Waals surface area (Å²) in [6, 6.07) is 3.80. The average molecular weight is 327 g/mol. The maximum Gasteiger partial charge on any atom is 0.339 e. The van der Waals surface area contributed by atoms with Crippen molar-refractivity contribution in [2.24, 2.45) is 0 Å². The van der Waals surface area contributed by atoms with E-state index in [4.69, 9.17) is 9.84 Å². The third-order valence-electron chi connectivity index (χ3n) is 2.76. The monoisotopic (exact) mass is 327 g/mol. The molecule has 1 aromatic heterocycles. The maximum absolute atomic E-state index is 12.3. The van der Waals surface area contributed by atoms with Gasteiger partial charge in [0, 0.05) is 11.1 Å². The molecule has 0 fully saturated rings. The van der Waals surface area contributed by atoms with Gasteiger partial charge in [-0.05, 0) is 25.1 Å². The molecule has 0 atom stereocenters. The molecule has 112 valence electrons. The number of aryl methyl sites for hydroxylation is 1. The lowest BCUT2D eigenvalue weighted by molar-refractivity contribution is 0.0693. The molecule has 2 aromatic rings. The number of rotatable bonds is 5. The van der Waals surface area contributed by atoms with Gasteiger partial charge >= 0.3 is 5.97 Å². The average Bonchev–Trinajstić information content (AvgIpc) is 2.82. The molecule has 0 saturated carbocycles. The van der Waals surface area contributed by atoms with Crippen LogP contribution in [0.4, 0.5) is 0 Å². The van der Waals surface area contributed by atoms with Gasteiger partial charge in [0.15, 0.2) is 9.84 Å². The van der Waals surface area contributed by atoms with E-state index in [0.717, 1.165) is 11.1 Å². The minimum absolute atomic E-state index is 0.0493. The summed E-state index contributed by atoms with van der Waals surface area (Å²) < 4.78 is 29.6. The molecule has 0 unspecified atom stereocenters. The fourth-order valence-corrected chi connectivity index (χ4v) is 4.27. The molecule has 21 heavy (non-hydrogen) atoms. The van der Waals surface area contributed by atoms with E-state index in [1.807, 2.05) is 0 Å². The number of carboxylic acid groups (broad SMARTS) is 1. The lowest BCUT2D eigenvalue weighted by Crippen LogP contribution is -2.07. The van der Waals surface area contributed by atoms with Crippen molar-refractivity contribution in [1.82, 2.24) is 4.98 Å². The van der Waals surface area contributed by atoms with Crippen LogP contribution >= 0.6 is 11.3 Å².